The van der Waals surface area contributed by atoms with Crippen molar-refractivity contribution >= 4 is 46.9 Å². The molecule has 1 aliphatic rings. The van der Waals surface area contributed by atoms with Gasteiger partial charge in [0, 0.05) is 29.1 Å². The second-order valence-corrected chi connectivity index (χ2v) is 8.99. The number of nitrogens with one attached hydrogen (secondary N) is 1. The van der Waals surface area contributed by atoms with Gasteiger partial charge < -0.3 is 10.4 Å². The maximum Gasteiger partial charge on any atom is 0.254 e. The number of aliphatic hydroxyl groups is 1. The normalized spacial score (nSPS) is 19.7. The molecule has 0 bridgehead atoms. The fourth-order valence-electron chi connectivity index (χ4n) is 3.13. The van der Waals surface area contributed by atoms with Crippen LogP contribution in [0.1, 0.15) is 19.5 Å². The van der Waals surface area contributed by atoms with E-state index < -0.39 is 6.23 Å². The average molecular weight is 448 g/mol. The Labute approximate surface area is 186 Å². The van der Waals surface area contributed by atoms with Gasteiger partial charge in [0.05, 0.1) is 5.69 Å². The molecule has 0 radical (unpaired) electrons. The van der Waals surface area contributed by atoms with Gasteiger partial charge >= 0.3 is 0 Å². The summed E-state index contributed by atoms with van der Waals surface area (Å²) in [5, 5.41) is 15.8. The summed E-state index contributed by atoms with van der Waals surface area (Å²) in [4.78, 5) is 10.5. The summed E-state index contributed by atoms with van der Waals surface area (Å²) in [7, 11) is 1.72. The smallest absolute Gasteiger partial charge is 0.254 e. The van der Waals surface area contributed by atoms with Gasteiger partial charge in [0.1, 0.15) is 12.2 Å². The van der Waals surface area contributed by atoms with Gasteiger partial charge in [-0.15, -0.1) is 0 Å². The molecule has 1 aromatic carbocycles. The number of likely N-dealkylation sites (N-methyl/N-ethyl adjacent to an activating group) is 1. The predicted octanol–water partition coefficient (Wildman–Crippen LogP) is 4.58. The van der Waals surface area contributed by atoms with E-state index in [1.54, 1.807) is 31.3 Å². The van der Waals surface area contributed by atoms with Gasteiger partial charge in [0.2, 0.25) is 5.03 Å². The summed E-state index contributed by atoms with van der Waals surface area (Å²) < 4.78 is 0.0569. The highest BCUT2D eigenvalue weighted by Crippen LogP contribution is 2.44. The highest BCUT2D eigenvalue weighted by Gasteiger charge is 2.48. The Morgan fingerprint density at radius 3 is 2.69 bits per heavy atom. The summed E-state index contributed by atoms with van der Waals surface area (Å²) in [6, 6.07) is 13.4. The molecule has 2 atom stereocenters. The quantitative estimate of drug-likeness (QED) is 0.480. The lowest BCUT2D eigenvalue weighted by atomic mass is 10.1. The maximum absolute atomic E-state index is 11.3. The summed E-state index contributed by atoms with van der Waals surface area (Å²) >= 11 is 13.2. The molecule has 3 rings (SSSR count). The van der Waals surface area contributed by atoms with Crippen LogP contribution in [0.25, 0.3) is 0 Å². The number of rotatable bonds is 7. The summed E-state index contributed by atoms with van der Waals surface area (Å²) in [5.41, 5.74) is 1.76. The van der Waals surface area contributed by atoms with Crippen molar-refractivity contribution in [3.05, 3.63) is 70.1 Å². The van der Waals surface area contributed by atoms with E-state index in [2.05, 4.69) is 24.1 Å². The van der Waals surface area contributed by atoms with Gasteiger partial charge in [-0.3, -0.25) is 4.98 Å². The van der Waals surface area contributed by atoms with Crippen molar-refractivity contribution in [1.29, 1.82) is 0 Å². The first kappa shape index (κ1) is 21.9. The Morgan fingerprint density at radius 1 is 1.28 bits per heavy atom. The zero-order valence-electron chi connectivity index (χ0n) is 16.5. The lowest BCUT2D eigenvalue weighted by Crippen LogP contribution is -2.56. The molecule has 0 aliphatic carbocycles. The number of hydrogen-bond donors (Lipinski definition) is 2. The first-order chi connectivity index (χ1) is 13.9. The number of aliphatic hydroxyl groups excluding tert-OH is 1. The van der Waals surface area contributed by atoms with Crippen molar-refractivity contribution < 1.29 is 9.59 Å². The Hall–Kier alpha value is -1.77. The van der Waals surface area contributed by atoms with Gasteiger partial charge in [-0.05, 0) is 42.1 Å². The molecule has 1 aliphatic heterocycles. The Bertz CT molecular complexity index is 949. The lowest BCUT2D eigenvalue weighted by molar-refractivity contribution is -0.840. The molecular weight excluding hydrogens is 424 g/mol. The molecule has 29 heavy (non-hydrogen) atoms. The highest BCUT2D eigenvalue weighted by molar-refractivity contribution is 8.03. The number of thioether (sulfide) groups is 1. The molecule has 8 heteroatoms. The van der Waals surface area contributed by atoms with Crippen molar-refractivity contribution in [3.8, 4) is 0 Å². The third-order valence-electron chi connectivity index (χ3n) is 4.62. The van der Waals surface area contributed by atoms with Crippen molar-refractivity contribution in [1.82, 2.24) is 10.3 Å². The zero-order chi connectivity index (χ0) is 21.0. The molecule has 0 spiro atoms. The molecule has 0 fully saturated rings. The van der Waals surface area contributed by atoms with E-state index in [1.807, 2.05) is 42.5 Å². The molecule has 152 valence electrons. The molecule has 1 aromatic heterocycles. The van der Waals surface area contributed by atoms with Crippen molar-refractivity contribution in [2.75, 3.05) is 7.05 Å². The van der Waals surface area contributed by atoms with E-state index >= 15 is 0 Å². The van der Waals surface area contributed by atoms with Crippen LogP contribution in [0.4, 0.5) is 0 Å². The first-order valence-corrected chi connectivity index (χ1v) is 10.9. The highest BCUT2D eigenvalue weighted by atomic mass is 35.5. The Morgan fingerprint density at radius 2 is 2.07 bits per heavy atom. The van der Waals surface area contributed by atoms with E-state index in [-0.39, 0.29) is 10.4 Å². The first-order valence-electron chi connectivity index (χ1n) is 9.28. The fourth-order valence-corrected chi connectivity index (χ4v) is 4.91. The molecule has 0 saturated carbocycles. The van der Waals surface area contributed by atoms with Crippen molar-refractivity contribution in [2.45, 2.75) is 31.5 Å². The number of halogens is 1. The zero-order valence-corrected chi connectivity index (χ0v) is 18.9. The number of nitrogens with zero attached hydrogens (tertiary/aromatic N) is 3. The molecule has 2 N–H and O–H groups in total. The summed E-state index contributed by atoms with van der Waals surface area (Å²) in [6.07, 6.45) is 2.53. The summed E-state index contributed by atoms with van der Waals surface area (Å²) in [6.45, 7) is 4.61. The molecule has 0 amide bonds. The van der Waals surface area contributed by atoms with Gasteiger partial charge in [0.15, 0.2) is 11.3 Å². The Kier molecular flexibility index (Phi) is 7.08. The standard InChI is InChI=1S/C21H23ClN4OS2/c1-14(2)18-21(29-17-9-6-7-15(22)11-17)26(13-25-18,20(27)19(28)23-3)12-16-8-4-5-10-24-16/h4-11,13-14,20,27H,12H2,1-3H3/p+1. The second kappa shape index (κ2) is 9.36. The third kappa shape index (κ3) is 4.70. The fraction of sp³-hybridized carbons (Fsp3) is 0.286. The number of allylic oxidation sites excluding steroid dienone is 1. The third-order valence-corrected chi connectivity index (χ3v) is 6.51. The molecule has 2 unspecified atom stereocenters. The van der Waals surface area contributed by atoms with Gasteiger partial charge in [-0.25, -0.2) is 9.48 Å². The number of quaternary nitrogens is 1. The van der Waals surface area contributed by atoms with E-state index in [9.17, 15) is 5.11 Å². The van der Waals surface area contributed by atoms with E-state index in [4.69, 9.17) is 28.8 Å². The number of aromatic nitrogens is 1. The minimum Gasteiger partial charge on any atom is -0.376 e. The van der Waals surface area contributed by atoms with Crippen molar-refractivity contribution in [2.24, 2.45) is 10.9 Å². The van der Waals surface area contributed by atoms with Crippen LogP contribution in [0, 0.1) is 5.92 Å². The molecule has 2 heterocycles. The van der Waals surface area contributed by atoms with Crippen LogP contribution in [0.2, 0.25) is 5.02 Å². The Balaban J connectivity index is 2.13. The average Bonchev–Trinajstić information content (AvgIpc) is 3.06. The maximum atomic E-state index is 11.3. The monoisotopic (exact) mass is 447 g/mol. The van der Waals surface area contributed by atoms with Crippen LogP contribution in [0.5, 0.6) is 0 Å². The van der Waals surface area contributed by atoms with Crippen molar-refractivity contribution in [3.63, 3.8) is 0 Å². The molecule has 2 aromatic rings. The SMILES string of the molecule is CNC(=S)C(O)[N+]1(Cc2ccccn2)C=NC(C(C)C)=C1Sc1cccc(Cl)c1. The second-order valence-electron chi connectivity index (χ2n) is 7.05. The van der Waals surface area contributed by atoms with Gasteiger partial charge in [-0.2, -0.15) is 0 Å². The van der Waals surface area contributed by atoms with Crippen LogP contribution in [-0.4, -0.2) is 39.2 Å². The summed E-state index contributed by atoms with van der Waals surface area (Å²) in [5.74, 6) is 0.173. The minimum absolute atomic E-state index is 0.0569. The van der Waals surface area contributed by atoms with Crippen LogP contribution in [-0.2, 0) is 6.54 Å². The number of pyridine rings is 1. The number of thiocarbonyl (C=S) groups is 1. The number of hydrogen-bond acceptors (Lipinski definition) is 5. The molecular formula is C21H24ClN4OS2+. The topological polar surface area (TPSA) is 57.5 Å². The largest absolute Gasteiger partial charge is 0.376 e. The lowest BCUT2D eigenvalue weighted by Gasteiger charge is -2.36. The van der Waals surface area contributed by atoms with Gasteiger partial charge in [0.25, 0.3) is 6.23 Å². The minimum atomic E-state index is -1.00. The van der Waals surface area contributed by atoms with Crippen LogP contribution >= 0.6 is 35.6 Å². The number of benzene rings is 1. The predicted molar refractivity (Wildman–Crippen MR) is 124 cm³/mol. The molecule has 5 nitrogen and oxygen atoms in total. The van der Waals surface area contributed by atoms with Crippen LogP contribution in [0.3, 0.4) is 0 Å². The van der Waals surface area contributed by atoms with Crippen LogP contribution in [0.15, 0.2) is 69.3 Å². The van der Waals surface area contributed by atoms with E-state index in [1.165, 1.54) is 0 Å². The van der Waals surface area contributed by atoms with E-state index in [0.717, 1.165) is 21.3 Å². The molecule has 0 saturated heterocycles. The van der Waals surface area contributed by atoms with Gasteiger partial charge in [-0.1, -0.05) is 49.8 Å². The number of aliphatic imine (C=N–C) groups is 1. The van der Waals surface area contributed by atoms with E-state index in [0.29, 0.717) is 16.6 Å². The van der Waals surface area contributed by atoms with Crippen LogP contribution < -0.4 is 5.32 Å².